The first kappa shape index (κ1) is 15.0. The molecule has 1 aliphatic rings. The molecule has 0 amide bonds. The first-order chi connectivity index (χ1) is 10.7. The van der Waals surface area contributed by atoms with Gasteiger partial charge in [-0.05, 0) is 48.9 Å². The standard InChI is InChI=1S/C19H23N3/c1-3-9-22-12-14(2)10-16(13-22)17-7-6-15(11-20)19-18(17)5-4-8-21-19/h4-8,14,16H,3,9-10,12-13H2,1-2H3/t14-,16+/m1/s1. The zero-order valence-electron chi connectivity index (χ0n) is 13.4. The van der Waals surface area contributed by atoms with Crippen LogP contribution in [-0.2, 0) is 0 Å². The molecule has 0 radical (unpaired) electrons. The maximum atomic E-state index is 9.29. The summed E-state index contributed by atoms with van der Waals surface area (Å²) in [5.41, 5.74) is 2.88. The average molecular weight is 293 g/mol. The monoisotopic (exact) mass is 293 g/mol. The molecular formula is C19H23N3. The van der Waals surface area contributed by atoms with Crippen molar-refractivity contribution in [3.8, 4) is 6.07 Å². The second-order valence-electron chi connectivity index (χ2n) is 6.51. The van der Waals surface area contributed by atoms with Gasteiger partial charge in [0.05, 0.1) is 11.1 Å². The lowest BCUT2D eigenvalue weighted by atomic mass is 9.83. The molecular weight excluding hydrogens is 270 g/mol. The van der Waals surface area contributed by atoms with Crippen molar-refractivity contribution in [1.29, 1.82) is 5.26 Å². The third-order valence-corrected chi connectivity index (χ3v) is 4.64. The molecule has 3 heteroatoms. The molecule has 3 nitrogen and oxygen atoms in total. The van der Waals surface area contributed by atoms with Crippen molar-refractivity contribution < 1.29 is 0 Å². The number of benzene rings is 1. The summed E-state index contributed by atoms with van der Waals surface area (Å²) in [6.45, 7) is 8.09. The fraction of sp³-hybridized carbons (Fsp3) is 0.474. The molecule has 1 fully saturated rings. The van der Waals surface area contributed by atoms with E-state index in [2.05, 4.69) is 41.9 Å². The number of hydrogen-bond donors (Lipinski definition) is 0. The molecule has 0 spiro atoms. The Morgan fingerprint density at radius 2 is 2.18 bits per heavy atom. The van der Waals surface area contributed by atoms with Gasteiger partial charge in [-0.1, -0.05) is 26.0 Å². The van der Waals surface area contributed by atoms with Gasteiger partial charge in [0, 0.05) is 24.7 Å². The SMILES string of the molecule is CCCN1C[C@H](C)C[C@H](c2ccc(C#N)c3ncccc23)C1. The van der Waals surface area contributed by atoms with E-state index in [1.54, 1.807) is 6.20 Å². The number of nitrogens with zero attached hydrogens (tertiary/aromatic N) is 3. The number of piperidine rings is 1. The van der Waals surface area contributed by atoms with Crippen LogP contribution in [0.5, 0.6) is 0 Å². The van der Waals surface area contributed by atoms with Crippen LogP contribution in [0.15, 0.2) is 30.5 Å². The molecule has 0 aliphatic carbocycles. The zero-order valence-corrected chi connectivity index (χ0v) is 13.4. The molecule has 0 unspecified atom stereocenters. The minimum Gasteiger partial charge on any atom is -0.302 e. The first-order valence-corrected chi connectivity index (χ1v) is 8.23. The van der Waals surface area contributed by atoms with Crippen molar-refractivity contribution in [2.24, 2.45) is 5.92 Å². The van der Waals surface area contributed by atoms with Crippen LogP contribution in [0.4, 0.5) is 0 Å². The van der Waals surface area contributed by atoms with Gasteiger partial charge >= 0.3 is 0 Å². The number of rotatable bonds is 3. The topological polar surface area (TPSA) is 39.9 Å². The van der Waals surface area contributed by atoms with Gasteiger partial charge in [-0.3, -0.25) is 4.98 Å². The highest BCUT2D eigenvalue weighted by atomic mass is 15.1. The molecule has 1 aromatic carbocycles. The highest BCUT2D eigenvalue weighted by molar-refractivity contribution is 5.87. The van der Waals surface area contributed by atoms with Crippen LogP contribution in [0.2, 0.25) is 0 Å². The van der Waals surface area contributed by atoms with Crippen LogP contribution in [0.25, 0.3) is 10.9 Å². The summed E-state index contributed by atoms with van der Waals surface area (Å²) in [5.74, 6) is 1.25. The highest BCUT2D eigenvalue weighted by Gasteiger charge is 2.26. The Bertz CT molecular complexity index is 701. The molecule has 0 bridgehead atoms. The number of likely N-dealkylation sites (tertiary alicyclic amines) is 1. The number of aromatic nitrogens is 1. The Morgan fingerprint density at radius 3 is 2.95 bits per heavy atom. The number of nitriles is 1. The molecule has 0 saturated carbocycles. The van der Waals surface area contributed by atoms with Gasteiger partial charge < -0.3 is 4.90 Å². The van der Waals surface area contributed by atoms with Gasteiger partial charge in [0.25, 0.3) is 0 Å². The van der Waals surface area contributed by atoms with Crippen molar-refractivity contribution in [2.45, 2.75) is 32.6 Å². The average Bonchev–Trinajstić information content (AvgIpc) is 2.53. The third kappa shape index (κ3) is 2.84. The van der Waals surface area contributed by atoms with Gasteiger partial charge in [0.1, 0.15) is 6.07 Å². The summed E-state index contributed by atoms with van der Waals surface area (Å²) in [6, 6.07) is 10.4. The lowest BCUT2D eigenvalue weighted by Crippen LogP contribution is -2.39. The number of pyridine rings is 1. The van der Waals surface area contributed by atoms with E-state index < -0.39 is 0 Å². The summed E-state index contributed by atoms with van der Waals surface area (Å²) in [5, 5.41) is 10.4. The van der Waals surface area contributed by atoms with E-state index in [1.807, 2.05) is 12.1 Å². The second-order valence-corrected chi connectivity index (χ2v) is 6.51. The second kappa shape index (κ2) is 6.46. The Kier molecular flexibility index (Phi) is 4.40. The van der Waals surface area contributed by atoms with E-state index in [-0.39, 0.29) is 0 Å². The summed E-state index contributed by atoms with van der Waals surface area (Å²) in [6.07, 6.45) is 4.20. The van der Waals surface area contributed by atoms with E-state index in [0.717, 1.165) is 17.4 Å². The Balaban J connectivity index is 2.01. The summed E-state index contributed by atoms with van der Waals surface area (Å²) in [4.78, 5) is 7.03. The molecule has 2 atom stereocenters. The van der Waals surface area contributed by atoms with Crippen molar-refractivity contribution in [3.63, 3.8) is 0 Å². The lowest BCUT2D eigenvalue weighted by molar-refractivity contribution is 0.165. The Hall–Kier alpha value is -1.92. The summed E-state index contributed by atoms with van der Waals surface area (Å²) < 4.78 is 0. The zero-order chi connectivity index (χ0) is 15.5. The fourth-order valence-corrected chi connectivity index (χ4v) is 3.83. The third-order valence-electron chi connectivity index (χ3n) is 4.64. The van der Waals surface area contributed by atoms with E-state index in [4.69, 9.17) is 0 Å². The van der Waals surface area contributed by atoms with Gasteiger partial charge in [0.2, 0.25) is 0 Å². The van der Waals surface area contributed by atoms with Crippen LogP contribution in [0.1, 0.15) is 43.7 Å². The predicted molar refractivity (Wildman–Crippen MR) is 89.7 cm³/mol. The van der Waals surface area contributed by atoms with Crippen LogP contribution >= 0.6 is 0 Å². The summed E-state index contributed by atoms with van der Waals surface area (Å²) in [7, 11) is 0. The minimum absolute atomic E-state index is 0.537. The Morgan fingerprint density at radius 1 is 1.32 bits per heavy atom. The van der Waals surface area contributed by atoms with Crippen molar-refractivity contribution in [3.05, 3.63) is 41.6 Å². The molecule has 1 aliphatic heterocycles. The minimum atomic E-state index is 0.537. The molecule has 2 heterocycles. The molecule has 114 valence electrons. The maximum absolute atomic E-state index is 9.29. The summed E-state index contributed by atoms with van der Waals surface area (Å²) >= 11 is 0. The molecule has 2 aromatic rings. The van der Waals surface area contributed by atoms with Crippen LogP contribution in [-0.4, -0.2) is 29.5 Å². The smallest absolute Gasteiger partial charge is 0.101 e. The van der Waals surface area contributed by atoms with E-state index in [0.29, 0.717) is 17.4 Å². The molecule has 1 saturated heterocycles. The largest absolute Gasteiger partial charge is 0.302 e. The van der Waals surface area contributed by atoms with Gasteiger partial charge in [-0.25, -0.2) is 0 Å². The van der Waals surface area contributed by atoms with E-state index >= 15 is 0 Å². The van der Waals surface area contributed by atoms with Crippen LogP contribution in [0, 0.1) is 17.2 Å². The van der Waals surface area contributed by atoms with Gasteiger partial charge in [-0.15, -0.1) is 0 Å². The fourth-order valence-electron chi connectivity index (χ4n) is 3.83. The molecule has 3 rings (SSSR count). The number of fused-ring (bicyclic) bond motifs is 1. The van der Waals surface area contributed by atoms with Gasteiger partial charge in [-0.2, -0.15) is 5.26 Å². The molecule has 1 aromatic heterocycles. The van der Waals surface area contributed by atoms with E-state index in [9.17, 15) is 5.26 Å². The highest BCUT2D eigenvalue weighted by Crippen LogP contribution is 2.34. The Labute approximate surface area is 132 Å². The molecule has 0 N–H and O–H groups in total. The van der Waals surface area contributed by atoms with Crippen LogP contribution in [0.3, 0.4) is 0 Å². The number of hydrogen-bond acceptors (Lipinski definition) is 3. The maximum Gasteiger partial charge on any atom is 0.101 e. The van der Waals surface area contributed by atoms with Crippen molar-refractivity contribution in [1.82, 2.24) is 9.88 Å². The van der Waals surface area contributed by atoms with Crippen molar-refractivity contribution in [2.75, 3.05) is 19.6 Å². The molecule has 22 heavy (non-hydrogen) atoms. The normalized spacial score (nSPS) is 22.6. The lowest BCUT2D eigenvalue weighted by Gasteiger charge is -2.37. The predicted octanol–water partition coefficient (Wildman–Crippen LogP) is 3.94. The quantitative estimate of drug-likeness (QED) is 0.860. The first-order valence-electron chi connectivity index (χ1n) is 8.23. The van der Waals surface area contributed by atoms with Gasteiger partial charge in [0.15, 0.2) is 0 Å². The van der Waals surface area contributed by atoms with E-state index in [1.165, 1.54) is 31.5 Å². The van der Waals surface area contributed by atoms with Crippen molar-refractivity contribution >= 4 is 10.9 Å². The van der Waals surface area contributed by atoms with Crippen LogP contribution < -0.4 is 0 Å².